The summed E-state index contributed by atoms with van der Waals surface area (Å²) >= 11 is -2.08. The zero-order chi connectivity index (χ0) is 13.6. The predicted octanol–water partition coefficient (Wildman–Crippen LogP) is 3.77. The van der Waals surface area contributed by atoms with E-state index in [9.17, 15) is 0 Å². The van der Waals surface area contributed by atoms with Gasteiger partial charge in [0.2, 0.25) is 0 Å². The molecule has 114 valence electrons. The Kier molecular flexibility index (Phi) is 8.19. The van der Waals surface area contributed by atoms with E-state index in [2.05, 4.69) is 62.7 Å². The monoisotopic (exact) mass is 339 g/mol. The molecule has 1 N–H and O–H groups in total. The normalized spacial score (nSPS) is 20.4. The van der Waals surface area contributed by atoms with Gasteiger partial charge in [-0.15, -0.1) is 12.4 Å². The third-order valence-corrected chi connectivity index (χ3v) is 9.51. The summed E-state index contributed by atoms with van der Waals surface area (Å²) < 4.78 is 5.69. The van der Waals surface area contributed by atoms with E-state index in [0.29, 0.717) is 5.92 Å². The first kappa shape index (κ1) is 22.0. The third-order valence-electron chi connectivity index (χ3n) is 4.00. The second kappa shape index (κ2) is 7.09. The predicted molar refractivity (Wildman–Crippen MR) is 93.4 cm³/mol. The van der Waals surface area contributed by atoms with Crippen molar-refractivity contribution in [3.63, 3.8) is 0 Å². The van der Waals surface area contributed by atoms with E-state index >= 15 is 0 Å². The fourth-order valence-corrected chi connectivity index (χ4v) is 10.3. The molecule has 0 aliphatic heterocycles. The minimum absolute atomic E-state index is 0. The molecule has 0 aromatic rings. The number of nitrogens with one attached hydrogen (secondary N) is 1. The number of hydrogen-bond donors (Lipinski definition) is 1. The van der Waals surface area contributed by atoms with E-state index in [0.717, 1.165) is 0 Å². The van der Waals surface area contributed by atoms with Gasteiger partial charge in [0.25, 0.3) is 0 Å². The Labute approximate surface area is 134 Å². The van der Waals surface area contributed by atoms with Crippen molar-refractivity contribution in [2.24, 2.45) is 5.92 Å². The Bertz CT molecular complexity index is 391. The van der Waals surface area contributed by atoms with Crippen LogP contribution in [-0.4, -0.2) is 16.5 Å². The standard InChI is InChI=1S/C9H13.C4H10N.2CH3.ClH.H4Si.Ti/c1-6-5-7(2)9(4)8(6)3;1-4(2,3)5;;;;;/h6H,1-4H3;5H,1-3H3;2*1H3;1H;1H4;/q;-1;;;;;+1. The molecular formula is C15H34ClNSiTi. The van der Waals surface area contributed by atoms with Crippen molar-refractivity contribution < 1.29 is 16.8 Å². The van der Waals surface area contributed by atoms with Crippen molar-refractivity contribution in [2.45, 2.75) is 64.5 Å². The van der Waals surface area contributed by atoms with Gasteiger partial charge >= 0.3 is 112 Å². The molecule has 0 aromatic carbocycles. The zero-order valence-corrected chi connectivity index (χ0v) is 15.9. The van der Waals surface area contributed by atoms with Gasteiger partial charge in [0.1, 0.15) is 0 Å². The van der Waals surface area contributed by atoms with Gasteiger partial charge < -0.3 is 0 Å². The molecule has 19 heavy (non-hydrogen) atoms. The first-order valence-corrected chi connectivity index (χ1v) is 11.3. The minimum Gasteiger partial charge on any atom is -0.147 e. The van der Waals surface area contributed by atoms with Crippen LogP contribution in [0.3, 0.4) is 0 Å². The summed E-state index contributed by atoms with van der Waals surface area (Å²) in [5.74, 6) is 0.653. The number of allylic oxidation sites excluding steroid dienone is 4. The summed E-state index contributed by atoms with van der Waals surface area (Å²) in [4.78, 5) is 0. The van der Waals surface area contributed by atoms with Crippen LogP contribution < -0.4 is 3.80 Å². The molecule has 0 heterocycles. The maximum atomic E-state index is 3.94. The topological polar surface area (TPSA) is 12.0 Å². The van der Waals surface area contributed by atoms with Gasteiger partial charge in [-0.2, -0.15) is 0 Å². The summed E-state index contributed by atoms with van der Waals surface area (Å²) in [5.41, 5.74) is 4.89. The van der Waals surface area contributed by atoms with Gasteiger partial charge in [-0.25, -0.2) is 0 Å². The van der Waals surface area contributed by atoms with Crippen LogP contribution in [0.1, 0.15) is 48.5 Å². The maximum Gasteiger partial charge on any atom is -0.0149 e. The fourth-order valence-electron chi connectivity index (χ4n) is 3.38. The molecule has 1 aliphatic rings. The first-order valence-electron chi connectivity index (χ1n) is 6.65. The van der Waals surface area contributed by atoms with Crippen LogP contribution in [0.2, 0.25) is 10.5 Å². The largest absolute Gasteiger partial charge is 0.147 e. The van der Waals surface area contributed by atoms with Crippen LogP contribution in [-0.2, 0) is 16.8 Å². The smallest absolute Gasteiger partial charge is 0.0149 e. The molecule has 1 nitrogen and oxygen atoms in total. The number of rotatable bonds is 2. The molecule has 1 rings (SSSR count). The molecule has 0 fully saturated rings. The molecule has 0 aromatic heterocycles. The summed E-state index contributed by atoms with van der Waals surface area (Å²) in [6.45, 7) is 16.1. The average Bonchev–Trinajstić information content (AvgIpc) is 2.27. The Morgan fingerprint density at radius 2 is 1.42 bits per heavy atom. The first-order chi connectivity index (χ1) is 7.47. The Hall–Kier alpha value is 0.661. The molecule has 0 saturated heterocycles. The van der Waals surface area contributed by atoms with Crippen molar-refractivity contribution >= 4 is 23.4 Å². The summed E-state index contributed by atoms with van der Waals surface area (Å²) in [7, 11) is 0. The fraction of sp³-hybridized carbons (Fsp3) is 0.733. The van der Waals surface area contributed by atoms with Gasteiger partial charge in [-0.1, -0.05) is 0 Å². The van der Waals surface area contributed by atoms with Gasteiger partial charge in [-0.05, 0) is 11.0 Å². The van der Waals surface area contributed by atoms with E-state index in [1.807, 2.05) is 0 Å². The van der Waals surface area contributed by atoms with Gasteiger partial charge in [-0.3, -0.25) is 0 Å². The van der Waals surface area contributed by atoms with Gasteiger partial charge in [0, 0.05) is 0 Å². The van der Waals surface area contributed by atoms with Crippen LogP contribution in [0.15, 0.2) is 20.6 Å². The average molecular weight is 340 g/mol. The van der Waals surface area contributed by atoms with Crippen molar-refractivity contribution in [3.8, 4) is 0 Å². The Morgan fingerprint density at radius 1 is 1.00 bits per heavy atom. The van der Waals surface area contributed by atoms with E-state index in [4.69, 9.17) is 0 Å². The summed E-state index contributed by atoms with van der Waals surface area (Å²) in [6, 6.07) is 0. The van der Waals surface area contributed by atoms with Gasteiger partial charge in [0.15, 0.2) is 0 Å². The quantitative estimate of drug-likeness (QED) is 0.755. The number of hydrogen-bond acceptors (Lipinski definition) is 1. The second-order valence-corrected chi connectivity index (χ2v) is 13.4. The van der Waals surface area contributed by atoms with Crippen molar-refractivity contribution in [3.05, 3.63) is 20.6 Å². The van der Waals surface area contributed by atoms with Crippen molar-refractivity contribution in [1.82, 2.24) is 3.80 Å². The molecule has 1 atom stereocenters. The Balaban J connectivity index is 0. The maximum absolute atomic E-state index is 3.94. The zero-order valence-electron chi connectivity index (χ0n) is 13.5. The second-order valence-electron chi connectivity index (χ2n) is 7.07. The number of halogens is 1. The van der Waals surface area contributed by atoms with Crippen LogP contribution in [0.5, 0.6) is 0 Å². The minimum atomic E-state index is -2.08. The summed E-state index contributed by atoms with van der Waals surface area (Å²) in [6.07, 6.45) is 0. The molecule has 0 amide bonds. The van der Waals surface area contributed by atoms with Crippen LogP contribution in [0.25, 0.3) is 0 Å². The van der Waals surface area contributed by atoms with Crippen LogP contribution >= 0.6 is 12.4 Å². The molecule has 4 heteroatoms. The van der Waals surface area contributed by atoms with E-state index in [1.165, 1.54) is 5.57 Å². The van der Waals surface area contributed by atoms with Crippen molar-refractivity contribution in [2.75, 3.05) is 0 Å². The molecule has 0 radical (unpaired) electrons. The molecule has 1 aliphatic carbocycles. The molecule has 0 saturated carbocycles. The third kappa shape index (κ3) is 4.86. The van der Waals surface area contributed by atoms with Crippen molar-refractivity contribution in [1.29, 1.82) is 0 Å². The Morgan fingerprint density at radius 3 is 1.68 bits per heavy atom. The molecule has 0 spiro atoms. The van der Waals surface area contributed by atoms with Crippen LogP contribution in [0, 0.1) is 5.92 Å². The van der Waals surface area contributed by atoms with E-state index in [-0.39, 0.29) is 28.9 Å². The SMILES string of the molecule is CC1=C(C)C(C)[C]([Ti]([CH3])([CH3])[NH]C(C)(C)C)=C1C.Cl.[SiH4]. The van der Waals surface area contributed by atoms with Gasteiger partial charge in [0.05, 0.1) is 0 Å². The molecule has 1 unspecified atom stereocenters. The molecule has 0 bridgehead atoms. The van der Waals surface area contributed by atoms with Crippen LogP contribution in [0.4, 0.5) is 0 Å². The van der Waals surface area contributed by atoms with E-state index in [1.54, 1.807) is 15.0 Å². The molecular weight excluding hydrogens is 306 g/mol. The summed E-state index contributed by atoms with van der Waals surface area (Å²) in [5, 5.41) is 4.99. The van der Waals surface area contributed by atoms with E-state index < -0.39 is 16.8 Å².